The number of rotatable bonds is 31. The van der Waals surface area contributed by atoms with Crippen LogP contribution in [0.5, 0.6) is 5.75 Å². The molecule has 2 bridgehead atoms. The van der Waals surface area contributed by atoms with Crippen LogP contribution < -0.4 is 81.0 Å². The van der Waals surface area contributed by atoms with Gasteiger partial charge in [0.15, 0.2) is 5.96 Å². The van der Waals surface area contributed by atoms with E-state index in [-0.39, 0.29) is 75.9 Å². The minimum Gasteiger partial charge on any atom is -0.508 e. The second-order valence-corrected chi connectivity index (χ2v) is 25.7. The summed E-state index contributed by atoms with van der Waals surface area (Å²) in [5.74, 6) is -15.4. The fourth-order valence-corrected chi connectivity index (χ4v) is 11.3. The van der Waals surface area contributed by atoms with E-state index in [1.54, 1.807) is 60.8 Å². The van der Waals surface area contributed by atoms with Crippen LogP contribution in [-0.2, 0) is 99.4 Å². The van der Waals surface area contributed by atoms with Crippen LogP contribution in [0, 0.1) is 11.3 Å². The molecule has 3 aromatic carbocycles. The summed E-state index contributed by atoms with van der Waals surface area (Å²) in [4.78, 5) is 196. The third-order valence-electron chi connectivity index (χ3n) is 16.9. The highest BCUT2D eigenvalue weighted by Gasteiger charge is 2.38. The number of guanidine groups is 1. The Hall–Kier alpha value is -12.1. The Labute approximate surface area is 602 Å². The predicted octanol–water partition coefficient (Wildman–Crippen LogP) is -4.57. The number of primary amides is 2. The number of aryl methyl sites for hydroxylation is 1. The normalized spacial score (nSPS) is 18.5. The number of aliphatic carboxylic acids is 1. The number of carboxylic acid groups (broad SMARTS) is 1. The molecule has 0 fully saturated rings. The molecule has 0 aliphatic carbocycles. The highest BCUT2D eigenvalue weighted by molar-refractivity contribution is 6.00. The number of phenols is 1. The van der Waals surface area contributed by atoms with Crippen molar-refractivity contribution in [1.82, 2.24) is 83.8 Å². The summed E-state index contributed by atoms with van der Waals surface area (Å²) in [6.45, 7) is 4.65. The number of aromatic amines is 1. The number of carboxylic acids is 1. The maximum Gasteiger partial charge on any atom is 0.305 e. The van der Waals surface area contributed by atoms with Crippen LogP contribution in [0.4, 0.5) is 0 Å². The van der Waals surface area contributed by atoms with E-state index < -0.39 is 193 Å². The maximum absolute atomic E-state index is 14.8. The van der Waals surface area contributed by atoms with E-state index in [4.69, 9.17) is 22.6 Å². The lowest BCUT2D eigenvalue weighted by Gasteiger charge is -2.29. The molecule has 2 aromatic heterocycles. The minimum absolute atomic E-state index is 0.00947. The number of fused-ring (bicyclic) bond motifs is 3. The average molecular weight is 1460 g/mol. The molecule has 0 radical (unpaired) electrons. The zero-order valence-electron chi connectivity index (χ0n) is 58.3. The van der Waals surface area contributed by atoms with Crippen LogP contribution in [0.1, 0.15) is 101 Å². The van der Waals surface area contributed by atoms with E-state index >= 15 is 0 Å². The van der Waals surface area contributed by atoms with Gasteiger partial charge in [0, 0.05) is 75.4 Å². The SMILES string of the molecule is CC(=O)N[C@@H](CO)C(=O)N[C@@H](Cc1c[nH]c2ccccc12)C(=O)N[C@@H](CCCNC(=N)N)C(=O)N[C@@H](CCC(N)=O)C(=O)N[C@@H](C)C(=O)N[C@H]1CCCCn2cc(nn2)C[C@@H](C(=O)N[C@@H](Cc2ccc(O)cc2)C(N)=O)NC(=O)[C@H](CC(=O)O)NC(=O)[C@H](C(C)C)NC(=O)[C@H](Cc2ccccc2)NC1=O. The fourth-order valence-electron chi connectivity index (χ4n) is 11.3. The van der Waals surface area contributed by atoms with Gasteiger partial charge in [0.2, 0.25) is 76.8 Å². The first kappa shape index (κ1) is 81.9. The van der Waals surface area contributed by atoms with Crippen LogP contribution in [0.2, 0.25) is 0 Å². The number of aliphatic hydroxyl groups excluding tert-OH is 1. The summed E-state index contributed by atoms with van der Waals surface area (Å²) < 4.78 is 1.36. The highest BCUT2D eigenvalue weighted by Crippen LogP contribution is 2.21. The summed E-state index contributed by atoms with van der Waals surface area (Å²) >= 11 is 0. The number of aliphatic hydroxyl groups is 1. The molecule has 1 aliphatic rings. The Morgan fingerprint density at radius 1 is 0.667 bits per heavy atom. The number of carbonyl (C=O) groups is 14. The largest absolute Gasteiger partial charge is 0.508 e. The number of phenolic OH excluding ortho intramolecular Hbond substituents is 1. The molecular formula is C68H92N20O17. The van der Waals surface area contributed by atoms with Gasteiger partial charge in [-0.25, -0.2) is 0 Å². The van der Waals surface area contributed by atoms with Gasteiger partial charge in [0.25, 0.3) is 0 Å². The Bertz CT molecular complexity index is 3920. The van der Waals surface area contributed by atoms with E-state index in [0.717, 1.165) is 6.92 Å². The first-order valence-corrected chi connectivity index (χ1v) is 33.9. The Morgan fingerprint density at radius 3 is 1.94 bits per heavy atom. The van der Waals surface area contributed by atoms with Gasteiger partial charge < -0.3 is 101 Å². The number of para-hydroxylation sites is 1. The highest BCUT2D eigenvalue weighted by atomic mass is 16.4. The summed E-state index contributed by atoms with van der Waals surface area (Å²) in [6.07, 6.45) is 0.0552. The van der Waals surface area contributed by atoms with Crippen molar-refractivity contribution in [2.45, 2.75) is 178 Å². The molecular weight excluding hydrogens is 1370 g/mol. The Balaban J connectivity index is 1.28. The van der Waals surface area contributed by atoms with Crippen molar-refractivity contribution in [3.05, 3.63) is 114 Å². The van der Waals surface area contributed by atoms with Gasteiger partial charge in [-0.2, -0.15) is 0 Å². The average Bonchev–Trinajstić information content (AvgIpc) is 1.73. The number of aromatic nitrogens is 4. The van der Waals surface area contributed by atoms with E-state index in [2.05, 4.69) is 79.1 Å². The third-order valence-corrected chi connectivity index (χ3v) is 16.9. The van der Waals surface area contributed by atoms with Gasteiger partial charge in [-0.05, 0) is 86.3 Å². The molecule has 13 amide bonds. The topological polar surface area (TPSA) is 592 Å². The zero-order valence-corrected chi connectivity index (χ0v) is 58.3. The van der Waals surface area contributed by atoms with Crippen molar-refractivity contribution in [2.24, 2.45) is 23.1 Å². The van der Waals surface area contributed by atoms with Crippen LogP contribution in [0.15, 0.2) is 91.3 Å². The maximum atomic E-state index is 14.8. The van der Waals surface area contributed by atoms with Gasteiger partial charge in [0.05, 0.1) is 18.7 Å². The van der Waals surface area contributed by atoms with Gasteiger partial charge in [-0.15, -0.1) is 5.10 Å². The van der Waals surface area contributed by atoms with E-state index in [0.29, 0.717) is 27.6 Å². The number of hydrogen-bond acceptors (Lipinski definition) is 19. The predicted molar refractivity (Wildman–Crippen MR) is 375 cm³/mol. The zero-order chi connectivity index (χ0) is 77.0. The lowest BCUT2D eigenvalue weighted by molar-refractivity contribution is -0.141. The van der Waals surface area contributed by atoms with Crippen molar-refractivity contribution >= 4 is 99.6 Å². The molecule has 0 spiro atoms. The van der Waals surface area contributed by atoms with Crippen molar-refractivity contribution in [2.75, 3.05) is 13.2 Å². The van der Waals surface area contributed by atoms with Crippen molar-refractivity contribution in [3.8, 4) is 5.75 Å². The number of amides is 13. The van der Waals surface area contributed by atoms with Crippen LogP contribution >= 0.6 is 0 Å². The standard InChI is InChI=1S/C68H92N20O17/c1-35(2)56-67(105)84-52(31-55(93)94)64(102)83-51(63(101)80-48(57(70)95)27-39-19-21-42(91)22-20-39)30-41-33-88(87-86-41)26-11-10-17-45(61(99)81-49(65(103)85-56)28-38-13-6-5-7-14-38)77-58(96)36(3)75-59(97)47(23-24-54(69)92)79-60(98)46(18-12-25-73-68(71)72)78-62(100)50(82-66(104)53(34-89)76-37(4)90)29-40-32-74-44-16-9-8-15-43(40)44/h5-9,13-16,19-22,32-33,35-36,45-53,56,74,89,91H,10-12,17-18,23-31,34H2,1-4H3,(H2,69,92)(H2,70,95)(H,75,97)(H,76,90)(H,77,96)(H,78,100)(H,79,98)(H,80,101)(H,81,99)(H,82,104)(H,83,102)(H,84,105)(H,85,103)(H,93,94)(H4,71,72,73)/t36-,45-,46-,47-,48-,49-,50-,51-,52-,53-,56-/m0/s1. The number of hydrogen-bond donors (Lipinski definition) is 20. The molecule has 6 rings (SSSR count). The summed E-state index contributed by atoms with van der Waals surface area (Å²) in [5.41, 5.74) is 19.1. The van der Waals surface area contributed by atoms with Crippen LogP contribution in [0.25, 0.3) is 10.9 Å². The fraction of sp³-hybridized carbons (Fsp3) is 0.456. The molecule has 1 aliphatic heterocycles. The molecule has 3 heterocycles. The van der Waals surface area contributed by atoms with Crippen molar-refractivity contribution in [3.63, 3.8) is 0 Å². The number of nitrogens with zero attached hydrogens (tertiary/aromatic N) is 3. The van der Waals surface area contributed by atoms with Gasteiger partial charge in [0.1, 0.15) is 72.2 Å². The summed E-state index contributed by atoms with van der Waals surface area (Å²) in [7, 11) is 0. The minimum atomic E-state index is -1.91. The lowest BCUT2D eigenvalue weighted by atomic mass is 9.99. The lowest BCUT2D eigenvalue weighted by Crippen LogP contribution is -2.61. The second-order valence-electron chi connectivity index (χ2n) is 25.7. The van der Waals surface area contributed by atoms with Gasteiger partial charge in [-0.3, -0.25) is 77.2 Å². The van der Waals surface area contributed by atoms with Crippen molar-refractivity contribution < 1.29 is 82.4 Å². The molecule has 566 valence electrons. The van der Waals surface area contributed by atoms with E-state index in [9.17, 15) is 82.4 Å². The Morgan fingerprint density at radius 2 is 1.30 bits per heavy atom. The number of nitrogens with one attached hydrogen (secondary N) is 14. The van der Waals surface area contributed by atoms with Crippen molar-refractivity contribution in [1.29, 1.82) is 5.41 Å². The second kappa shape index (κ2) is 40.0. The first-order chi connectivity index (χ1) is 49.9. The summed E-state index contributed by atoms with van der Waals surface area (Å²) in [6, 6.07) is 3.84. The van der Waals surface area contributed by atoms with E-state index in [1.807, 2.05) is 0 Å². The number of carbonyl (C=O) groups excluding carboxylic acids is 13. The summed E-state index contributed by atoms with van der Waals surface area (Å²) in [5, 5.41) is 76.9. The Kier molecular flexibility index (Phi) is 31.2. The van der Waals surface area contributed by atoms with Crippen LogP contribution in [0.3, 0.4) is 0 Å². The number of H-pyrrole nitrogens is 1. The van der Waals surface area contributed by atoms with Gasteiger partial charge >= 0.3 is 5.97 Å². The smallest absolute Gasteiger partial charge is 0.305 e. The van der Waals surface area contributed by atoms with Crippen LogP contribution in [-0.4, -0.2) is 204 Å². The molecule has 23 N–H and O–H groups in total. The number of aromatic hydroxyl groups is 1. The number of nitrogens with two attached hydrogens (primary N) is 3. The molecule has 11 atom stereocenters. The molecule has 37 heteroatoms. The molecule has 105 heavy (non-hydrogen) atoms. The molecule has 5 aromatic rings. The van der Waals surface area contributed by atoms with Gasteiger partial charge in [-0.1, -0.05) is 79.7 Å². The monoisotopic (exact) mass is 1460 g/mol. The van der Waals surface area contributed by atoms with E-state index in [1.165, 1.54) is 55.9 Å². The molecule has 0 unspecified atom stereocenters. The number of benzene rings is 3. The molecule has 0 saturated heterocycles. The quantitative estimate of drug-likeness (QED) is 0.0113. The molecule has 0 saturated carbocycles. The first-order valence-electron chi connectivity index (χ1n) is 33.9. The third kappa shape index (κ3) is 26.4. The molecule has 37 nitrogen and oxygen atoms in total.